The van der Waals surface area contributed by atoms with Crippen LogP contribution in [0.2, 0.25) is 0 Å². The largest absolute Gasteiger partial charge is 0.364 e. The Hall–Kier alpha value is -2.63. The van der Waals surface area contributed by atoms with Crippen molar-refractivity contribution >= 4 is 11.8 Å². The van der Waals surface area contributed by atoms with Gasteiger partial charge >= 0.3 is 0 Å². The fourth-order valence-corrected chi connectivity index (χ4v) is 4.71. The van der Waals surface area contributed by atoms with Crippen molar-refractivity contribution in [3.05, 3.63) is 41.7 Å². The van der Waals surface area contributed by atoms with Crippen molar-refractivity contribution in [3.63, 3.8) is 0 Å². The van der Waals surface area contributed by atoms with Crippen molar-refractivity contribution in [2.45, 2.75) is 57.7 Å². The van der Waals surface area contributed by atoms with E-state index in [-0.39, 0.29) is 23.4 Å². The summed E-state index contributed by atoms with van der Waals surface area (Å²) < 4.78 is 2.13. The fourth-order valence-electron chi connectivity index (χ4n) is 4.71. The fraction of sp³-hybridized carbons (Fsp3) is 0.476. The normalized spacial score (nSPS) is 25.0. The number of fused-ring (bicyclic) bond motifs is 3. The molecule has 3 heterocycles. The van der Waals surface area contributed by atoms with E-state index >= 15 is 0 Å². The van der Waals surface area contributed by atoms with E-state index in [0.29, 0.717) is 18.7 Å². The van der Waals surface area contributed by atoms with Gasteiger partial charge in [0.2, 0.25) is 5.91 Å². The Kier molecular flexibility index (Phi) is 3.48. The Morgan fingerprint density at radius 2 is 1.85 bits per heavy atom. The van der Waals surface area contributed by atoms with Gasteiger partial charge in [-0.25, -0.2) is 4.98 Å². The van der Waals surface area contributed by atoms with E-state index in [1.807, 2.05) is 30.3 Å². The molecular formula is C21H24N4O2. The van der Waals surface area contributed by atoms with Crippen LogP contribution < -0.4 is 5.73 Å². The average Bonchev–Trinajstić information content (AvgIpc) is 3.19. The number of hydrogen-bond acceptors (Lipinski definition) is 3. The van der Waals surface area contributed by atoms with Crippen molar-refractivity contribution in [1.29, 1.82) is 0 Å². The first-order valence-corrected chi connectivity index (χ1v) is 9.75. The Morgan fingerprint density at radius 1 is 1.15 bits per heavy atom. The molecule has 2 aliphatic heterocycles. The van der Waals surface area contributed by atoms with E-state index in [4.69, 9.17) is 5.73 Å². The molecule has 2 N–H and O–H groups in total. The molecule has 2 atom stereocenters. The molecule has 1 aromatic heterocycles. The molecule has 27 heavy (non-hydrogen) atoms. The van der Waals surface area contributed by atoms with Crippen molar-refractivity contribution < 1.29 is 9.59 Å². The Morgan fingerprint density at radius 3 is 2.52 bits per heavy atom. The molecule has 2 bridgehead atoms. The number of carbonyl (C=O) groups excluding carboxylic acids is 2. The van der Waals surface area contributed by atoms with E-state index in [1.165, 1.54) is 0 Å². The molecular weight excluding hydrogens is 340 g/mol. The molecule has 0 radical (unpaired) electrons. The molecule has 2 amide bonds. The van der Waals surface area contributed by atoms with Crippen LogP contribution in [0.3, 0.4) is 0 Å². The van der Waals surface area contributed by atoms with Crippen molar-refractivity contribution in [2.75, 3.05) is 0 Å². The lowest BCUT2D eigenvalue weighted by atomic mass is 10.0. The maximum absolute atomic E-state index is 13.2. The number of primary amides is 1. The predicted octanol–water partition coefficient (Wildman–Crippen LogP) is 2.36. The molecule has 2 aromatic rings. The van der Waals surface area contributed by atoms with E-state index in [2.05, 4.69) is 21.4 Å². The second-order valence-electron chi connectivity index (χ2n) is 8.43. The number of rotatable bonds is 3. The zero-order valence-electron chi connectivity index (χ0n) is 15.5. The summed E-state index contributed by atoms with van der Waals surface area (Å²) in [5.74, 6) is 0.568. The van der Waals surface area contributed by atoms with E-state index in [0.717, 1.165) is 42.8 Å². The maximum atomic E-state index is 13.2. The SMILES string of the molecule is CC1(C(=O)N2C3CCC2Cn2c(-c4ccccc4)nc(C(N)=O)c2C3)CC1. The lowest BCUT2D eigenvalue weighted by molar-refractivity contribution is -0.139. The summed E-state index contributed by atoms with van der Waals surface area (Å²) >= 11 is 0. The van der Waals surface area contributed by atoms with Crippen molar-refractivity contribution in [1.82, 2.24) is 14.5 Å². The highest BCUT2D eigenvalue weighted by Crippen LogP contribution is 2.49. The molecule has 1 aromatic carbocycles. The highest BCUT2D eigenvalue weighted by Gasteiger charge is 2.52. The van der Waals surface area contributed by atoms with Crippen LogP contribution in [0.5, 0.6) is 0 Å². The van der Waals surface area contributed by atoms with Gasteiger partial charge in [0.1, 0.15) is 11.5 Å². The molecule has 6 nitrogen and oxygen atoms in total. The number of imidazole rings is 1. The number of aromatic nitrogens is 2. The standard InChI is InChI=1S/C21H24N4O2/c1-21(9-10-21)20(27)25-14-7-8-15(25)12-24-16(11-14)17(18(22)26)23-19(24)13-5-3-2-4-6-13/h2-6,14-15H,7-12H2,1H3,(H2,22,26). The number of nitrogens with zero attached hydrogens (tertiary/aromatic N) is 3. The van der Waals surface area contributed by atoms with Gasteiger partial charge in [-0.15, -0.1) is 0 Å². The lowest BCUT2D eigenvalue weighted by Gasteiger charge is -2.31. The minimum absolute atomic E-state index is 0.139. The smallest absolute Gasteiger partial charge is 0.269 e. The molecule has 2 unspecified atom stereocenters. The number of carbonyl (C=O) groups is 2. The van der Waals surface area contributed by atoms with Gasteiger partial charge in [0, 0.05) is 30.0 Å². The molecule has 3 aliphatic rings. The van der Waals surface area contributed by atoms with Crippen LogP contribution in [-0.2, 0) is 17.8 Å². The van der Waals surface area contributed by atoms with Crippen LogP contribution in [0.25, 0.3) is 11.4 Å². The first kappa shape index (κ1) is 16.5. The molecule has 2 fully saturated rings. The summed E-state index contributed by atoms with van der Waals surface area (Å²) in [6.07, 6.45) is 4.60. The lowest BCUT2D eigenvalue weighted by Crippen LogP contribution is -2.45. The molecule has 1 saturated heterocycles. The van der Waals surface area contributed by atoms with Gasteiger partial charge in [0.15, 0.2) is 0 Å². The van der Waals surface area contributed by atoms with Gasteiger partial charge < -0.3 is 15.2 Å². The van der Waals surface area contributed by atoms with Gasteiger partial charge in [-0.05, 0) is 25.7 Å². The molecule has 6 heteroatoms. The van der Waals surface area contributed by atoms with E-state index in [9.17, 15) is 9.59 Å². The number of amides is 2. The maximum Gasteiger partial charge on any atom is 0.269 e. The number of hydrogen-bond donors (Lipinski definition) is 1. The Bertz CT molecular complexity index is 929. The summed E-state index contributed by atoms with van der Waals surface area (Å²) in [6.45, 7) is 2.75. The molecule has 1 aliphatic carbocycles. The second kappa shape index (κ2) is 5.68. The average molecular weight is 364 g/mol. The van der Waals surface area contributed by atoms with Crippen LogP contribution in [0.1, 0.15) is 48.8 Å². The Balaban J connectivity index is 1.60. The highest BCUT2D eigenvalue weighted by molar-refractivity contribution is 5.93. The molecule has 0 spiro atoms. The zero-order chi connectivity index (χ0) is 18.8. The third kappa shape index (κ3) is 2.50. The topological polar surface area (TPSA) is 81.2 Å². The van der Waals surface area contributed by atoms with E-state index in [1.54, 1.807) is 0 Å². The second-order valence-corrected chi connectivity index (χ2v) is 8.43. The third-order valence-corrected chi connectivity index (χ3v) is 6.53. The van der Waals surface area contributed by atoms with Gasteiger partial charge in [-0.3, -0.25) is 9.59 Å². The van der Waals surface area contributed by atoms with Gasteiger partial charge in [0.25, 0.3) is 5.91 Å². The first-order valence-electron chi connectivity index (χ1n) is 9.75. The number of benzene rings is 1. The number of nitrogens with two attached hydrogens (primary N) is 1. The summed E-state index contributed by atoms with van der Waals surface area (Å²) in [5, 5.41) is 0. The quantitative estimate of drug-likeness (QED) is 0.908. The summed E-state index contributed by atoms with van der Waals surface area (Å²) in [6, 6.07) is 10.2. The van der Waals surface area contributed by atoms with Crippen LogP contribution in [0.4, 0.5) is 0 Å². The minimum atomic E-state index is -0.495. The summed E-state index contributed by atoms with van der Waals surface area (Å²) in [4.78, 5) is 32.0. The third-order valence-electron chi connectivity index (χ3n) is 6.53. The van der Waals surface area contributed by atoms with Crippen LogP contribution in [0.15, 0.2) is 30.3 Å². The highest BCUT2D eigenvalue weighted by atomic mass is 16.2. The van der Waals surface area contributed by atoms with Gasteiger partial charge in [-0.1, -0.05) is 37.3 Å². The zero-order valence-corrected chi connectivity index (χ0v) is 15.5. The molecule has 5 rings (SSSR count). The van der Waals surface area contributed by atoms with Gasteiger partial charge in [0.05, 0.1) is 11.7 Å². The van der Waals surface area contributed by atoms with Crippen molar-refractivity contribution in [2.24, 2.45) is 11.1 Å². The first-order chi connectivity index (χ1) is 13.0. The molecule has 140 valence electrons. The van der Waals surface area contributed by atoms with Crippen molar-refractivity contribution in [3.8, 4) is 11.4 Å². The summed E-state index contributed by atoms with van der Waals surface area (Å²) in [5.41, 5.74) is 7.69. The summed E-state index contributed by atoms with van der Waals surface area (Å²) in [7, 11) is 0. The van der Waals surface area contributed by atoms with Crippen LogP contribution in [0, 0.1) is 5.41 Å². The van der Waals surface area contributed by atoms with Crippen LogP contribution in [-0.4, -0.2) is 38.3 Å². The Labute approximate surface area is 158 Å². The van der Waals surface area contributed by atoms with E-state index < -0.39 is 5.91 Å². The monoisotopic (exact) mass is 364 g/mol. The van der Waals surface area contributed by atoms with Gasteiger partial charge in [-0.2, -0.15) is 0 Å². The molecule has 1 saturated carbocycles. The van der Waals surface area contributed by atoms with Crippen LogP contribution >= 0.6 is 0 Å². The predicted molar refractivity (Wildman–Crippen MR) is 101 cm³/mol. The minimum Gasteiger partial charge on any atom is -0.364 e.